The fraction of sp³-hybridized carbons (Fsp3) is 0.529. The molecule has 0 aliphatic heterocycles. The van der Waals surface area contributed by atoms with Gasteiger partial charge in [-0.2, -0.15) is 0 Å². The third-order valence-corrected chi connectivity index (χ3v) is 2.53. The van der Waals surface area contributed by atoms with Gasteiger partial charge in [0, 0.05) is 6.42 Å². The van der Waals surface area contributed by atoms with Crippen LogP contribution in [0.3, 0.4) is 0 Å². The highest BCUT2D eigenvalue weighted by atomic mass is 16.7. The van der Waals surface area contributed by atoms with Gasteiger partial charge in [0.25, 0.3) is 0 Å². The molecule has 1 aromatic carbocycles. The second-order valence-corrected chi connectivity index (χ2v) is 5.19. The van der Waals surface area contributed by atoms with Crippen molar-refractivity contribution in [1.29, 1.82) is 0 Å². The zero-order valence-electron chi connectivity index (χ0n) is 12.5. The van der Waals surface area contributed by atoms with Crippen LogP contribution >= 0.6 is 0 Å². The average Bonchev–Trinajstić information content (AvgIpc) is 2.34. The summed E-state index contributed by atoms with van der Waals surface area (Å²) in [6.45, 7) is 8.15. The Bertz CT molecular complexity index is 345. The summed E-state index contributed by atoms with van der Waals surface area (Å²) in [5.41, 5.74) is 1.23. The second-order valence-electron chi connectivity index (χ2n) is 5.19. The van der Waals surface area contributed by atoms with E-state index in [9.17, 15) is 0 Å². The predicted octanol–water partition coefficient (Wildman–Crippen LogP) is 4.66. The van der Waals surface area contributed by atoms with E-state index in [4.69, 9.17) is 9.47 Å². The van der Waals surface area contributed by atoms with Crippen molar-refractivity contribution in [3.8, 4) is 0 Å². The van der Waals surface area contributed by atoms with Gasteiger partial charge < -0.3 is 9.47 Å². The highest BCUT2D eigenvalue weighted by molar-refractivity contribution is 5.48. The Morgan fingerprint density at radius 2 is 1.53 bits per heavy atom. The summed E-state index contributed by atoms with van der Waals surface area (Å²) >= 11 is 0. The molecule has 0 N–H and O–H groups in total. The van der Waals surface area contributed by atoms with Crippen LogP contribution in [0.4, 0.5) is 0 Å². The third-order valence-electron chi connectivity index (χ3n) is 2.53. The predicted molar refractivity (Wildman–Crippen MR) is 80.9 cm³/mol. The quantitative estimate of drug-likeness (QED) is 0.635. The molecule has 0 amide bonds. The largest absolute Gasteiger partial charge is 0.350 e. The Kier molecular flexibility index (Phi) is 7.46. The third kappa shape index (κ3) is 7.81. The summed E-state index contributed by atoms with van der Waals surface area (Å²) in [5, 5.41) is 0. The van der Waals surface area contributed by atoms with Gasteiger partial charge in [-0.1, -0.05) is 42.5 Å². The van der Waals surface area contributed by atoms with Gasteiger partial charge in [0.05, 0.1) is 12.2 Å². The van der Waals surface area contributed by atoms with Crippen LogP contribution < -0.4 is 0 Å². The minimum Gasteiger partial charge on any atom is -0.350 e. The maximum atomic E-state index is 5.76. The molecule has 0 aromatic heterocycles. The molecule has 0 fully saturated rings. The van der Waals surface area contributed by atoms with Crippen LogP contribution in [0.2, 0.25) is 0 Å². The van der Waals surface area contributed by atoms with E-state index in [1.807, 2.05) is 45.9 Å². The zero-order chi connectivity index (χ0) is 14.1. The summed E-state index contributed by atoms with van der Waals surface area (Å²) in [6.07, 6.45) is 6.44. The van der Waals surface area contributed by atoms with E-state index in [0.717, 1.165) is 12.8 Å². The molecule has 0 aliphatic carbocycles. The Labute approximate surface area is 117 Å². The lowest BCUT2D eigenvalue weighted by Crippen LogP contribution is -2.24. The van der Waals surface area contributed by atoms with E-state index in [1.165, 1.54) is 5.56 Å². The van der Waals surface area contributed by atoms with Crippen molar-refractivity contribution >= 4 is 6.08 Å². The van der Waals surface area contributed by atoms with Gasteiger partial charge in [-0.3, -0.25) is 0 Å². The van der Waals surface area contributed by atoms with Crippen molar-refractivity contribution in [2.24, 2.45) is 0 Å². The number of hydrogen-bond acceptors (Lipinski definition) is 2. The standard InChI is InChI=1S/C17H26O2/c1-14(2)18-17(19-15(3)4)13-9-8-12-16-10-6-5-7-11-16/h5-8,10-12,14-15,17H,9,13H2,1-4H3/b12-8+. The normalized spacial score (nSPS) is 12.2. The van der Waals surface area contributed by atoms with Crippen molar-refractivity contribution < 1.29 is 9.47 Å². The molecule has 0 atom stereocenters. The van der Waals surface area contributed by atoms with E-state index >= 15 is 0 Å². The summed E-state index contributed by atoms with van der Waals surface area (Å²) in [6, 6.07) is 10.3. The van der Waals surface area contributed by atoms with E-state index in [1.54, 1.807) is 0 Å². The maximum Gasteiger partial charge on any atom is 0.158 e. The smallest absolute Gasteiger partial charge is 0.158 e. The highest BCUT2D eigenvalue weighted by Crippen LogP contribution is 2.11. The van der Waals surface area contributed by atoms with Crippen LogP contribution in [0.25, 0.3) is 6.08 Å². The molecule has 0 bridgehead atoms. The lowest BCUT2D eigenvalue weighted by atomic mass is 10.2. The molecule has 0 heterocycles. The first-order valence-corrected chi connectivity index (χ1v) is 7.10. The molecule has 1 rings (SSSR count). The molecule has 0 saturated carbocycles. The Hall–Kier alpha value is -1.12. The van der Waals surface area contributed by atoms with Gasteiger partial charge in [0.1, 0.15) is 0 Å². The van der Waals surface area contributed by atoms with Gasteiger partial charge in [-0.05, 0) is 39.7 Å². The molecule has 2 nitrogen and oxygen atoms in total. The number of rotatable bonds is 8. The van der Waals surface area contributed by atoms with E-state index in [2.05, 4.69) is 24.3 Å². The van der Waals surface area contributed by atoms with Crippen LogP contribution in [0.15, 0.2) is 36.4 Å². The van der Waals surface area contributed by atoms with Gasteiger partial charge >= 0.3 is 0 Å². The lowest BCUT2D eigenvalue weighted by molar-refractivity contribution is -0.183. The van der Waals surface area contributed by atoms with Gasteiger partial charge in [0.2, 0.25) is 0 Å². The summed E-state index contributed by atoms with van der Waals surface area (Å²) in [7, 11) is 0. The molecule has 0 saturated heterocycles. The molecule has 0 spiro atoms. The Balaban J connectivity index is 2.37. The summed E-state index contributed by atoms with van der Waals surface area (Å²) in [5.74, 6) is 0. The van der Waals surface area contributed by atoms with Crippen LogP contribution in [0.5, 0.6) is 0 Å². The van der Waals surface area contributed by atoms with E-state index in [0.29, 0.717) is 0 Å². The van der Waals surface area contributed by atoms with Crippen LogP contribution in [-0.4, -0.2) is 18.5 Å². The fourth-order valence-corrected chi connectivity index (χ4v) is 1.79. The maximum absolute atomic E-state index is 5.76. The molecule has 19 heavy (non-hydrogen) atoms. The number of benzene rings is 1. The fourth-order valence-electron chi connectivity index (χ4n) is 1.79. The lowest BCUT2D eigenvalue weighted by Gasteiger charge is -2.22. The van der Waals surface area contributed by atoms with Crippen LogP contribution in [0, 0.1) is 0 Å². The van der Waals surface area contributed by atoms with Crippen molar-refractivity contribution in [2.45, 2.75) is 59.0 Å². The molecule has 0 aliphatic rings. The van der Waals surface area contributed by atoms with Crippen molar-refractivity contribution in [3.63, 3.8) is 0 Å². The first-order valence-electron chi connectivity index (χ1n) is 7.10. The average molecular weight is 262 g/mol. The first kappa shape index (κ1) is 15.9. The second kappa shape index (κ2) is 8.89. The SMILES string of the molecule is CC(C)OC(CC/C=C/c1ccccc1)OC(C)C. The number of ether oxygens (including phenoxy) is 2. The molecular formula is C17H26O2. The van der Waals surface area contributed by atoms with Crippen molar-refractivity contribution in [3.05, 3.63) is 42.0 Å². The van der Waals surface area contributed by atoms with Gasteiger partial charge in [0.15, 0.2) is 6.29 Å². The number of allylic oxidation sites excluding steroid dienone is 1. The summed E-state index contributed by atoms with van der Waals surface area (Å²) in [4.78, 5) is 0. The molecule has 106 valence electrons. The molecule has 0 radical (unpaired) electrons. The monoisotopic (exact) mass is 262 g/mol. The van der Waals surface area contributed by atoms with Crippen LogP contribution in [0.1, 0.15) is 46.1 Å². The number of hydrogen-bond donors (Lipinski definition) is 0. The van der Waals surface area contributed by atoms with Crippen molar-refractivity contribution in [2.75, 3.05) is 0 Å². The zero-order valence-corrected chi connectivity index (χ0v) is 12.5. The van der Waals surface area contributed by atoms with Gasteiger partial charge in [-0.15, -0.1) is 0 Å². The Morgan fingerprint density at radius 1 is 0.947 bits per heavy atom. The van der Waals surface area contributed by atoms with Crippen LogP contribution in [-0.2, 0) is 9.47 Å². The highest BCUT2D eigenvalue weighted by Gasteiger charge is 2.12. The summed E-state index contributed by atoms with van der Waals surface area (Å²) < 4.78 is 11.5. The van der Waals surface area contributed by atoms with E-state index in [-0.39, 0.29) is 18.5 Å². The minimum absolute atomic E-state index is 0.111. The Morgan fingerprint density at radius 3 is 2.05 bits per heavy atom. The van der Waals surface area contributed by atoms with Crippen molar-refractivity contribution in [1.82, 2.24) is 0 Å². The molecular weight excluding hydrogens is 236 g/mol. The van der Waals surface area contributed by atoms with Gasteiger partial charge in [-0.25, -0.2) is 0 Å². The van der Waals surface area contributed by atoms with E-state index < -0.39 is 0 Å². The first-order chi connectivity index (χ1) is 9.08. The molecule has 0 unspecified atom stereocenters. The minimum atomic E-state index is -0.111. The molecule has 2 heteroatoms. The topological polar surface area (TPSA) is 18.5 Å². The molecule has 1 aromatic rings.